The highest BCUT2D eigenvalue weighted by atomic mass is 16.6. The zero-order chi connectivity index (χ0) is 44.9. The van der Waals surface area contributed by atoms with Crippen LogP contribution >= 0.6 is 0 Å². The quantitative estimate of drug-likeness (QED) is 0.0214. The molecule has 0 aliphatic carbocycles. The average molecular weight is 855 g/mol. The molecule has 8 heteroatoms. The Labute approximate surface area is 374 Å². The third-order valence-corrected chi connectivity index (χ3v) is 10.6. The Balaban J connectivity index is 4.28. The molecule has 0 radical (unpaired) electrons. The van der Waals surface area contributed by atoms with Crippen molar-refractivity contribution in [3.8, 4) is 0 Å². The number of nitrogens with zero attached hydrogens (tertiary/aromatic N) is 1. The van der Waals surface area contributed by atoms with Gasteiger partial charge < -0.3 is 23.8 Å². The van der Waals surface area contributed by atoms with Gasteiger partial charge in [-0.2, -0.15) is 0 Å². The van der Waals surface area contributed by atoms with Crippen LogP contribution in [-0.4, -0.2) is 80.6 Å². The van der Waals surface area contributed by atoms with E-state index in [1.165, 1.54) is 70.6 Å². The largest absolute Gasteiger partial charge is 0.477 e. The summed E-state index contributed by atoms with van der Waals surface area (Å²) in [4.78, 5) is 37.1. The van der Waals surface area contributed by atoms with E-state index < -0.39 is 18.1 Å². The van der Waals surface area contributed by atoms with Gasteiger partial charge in [-0.1, -0.05) is 170 Å². The Morgan fingerprint density at radius 1 is 0.525 bits per heavy atom. The van der Waals surface area contributed by atoms with E-state index in [2.05, 4.69) is 86.8 Å². The number of allylic oxidation sites excluding steroid dienone is 12. The summed E-state index contributed by atoms with van der Waals surface area (Å²) in [5, 5.41) is 9.64. The summed E-state index contributed by atoms with van der Waals surface area (Å²) < 4.78 is 17.3. The maximum absolute atomic E-state index is 12.8. The molecule has 350 valence electrons. The fraction of sp³-hybridized carbons (Fsp3) is 0.717. The van der Waals surface area contributed by atoms with Gasteiger partial charge in [-0.15, -0.1) is 0 Å². The van der Waals surface area contributed by atoms with Crippen LogP contribution in [0.3, 0.4) is 0 Å². The number of hydrogen-bond acceptors (Lipinski definition) is 6. The molecule has 0 saturated carbocycles. The van der Waals surface area contributed by atoms with E-state index in [0.29, 0.717) is 19.3 Å². The summed E-state index contributed by atoms with van der Waals surface area (Å²) in [5.74, 6) is -1.49. The molecule has 0 aromatic heterocycles. The zero-order valence-corrected chi connectivity index (χ0v) is 39.8. The first-order valence-corrected chi connectivity index (χ1v) is 24.5. The lowest BCUT2D eigenvalue weighted by Gasteiger charge is -2.31. The van der Waals surface area contributed by atoms with Gasteiger partial charge in [-0.25, -0.2) is 4.79 Å². The SMILES string of the molecule is CC/C=C/C/C=C/C/C=C/C/C=C/CCCCCCCCCCCC(=O)OCC(COCCC(C(=O)O)[N+](C)(C)C)OC(=O)CCCCCCCC/C=C/C=C/CCCCC. The normalized spacial score (nSPS) is 13.5. The Hall–Kier alpha value is -3.23. The minimum atomic E-state index is -0.880. The van der Waals surface area contributed by atoms with Crippen LogP contribution in [0.1, 0.15) is 194 Å². The van der Waals surface area contributed by atoms with Crippen molar-refractivity contribution in [2.45, 2.75) is 206 Å². The Bertz CT molecular complexity index is 1230. The van der Waals surface area contributed by atoms with Gasteiger partial charge in [-0.3, -0.25) is 9.59 Å². The standard InChI is InChI=1S/C53H91NO7/c1-6-8-10-12-14-16-18-20-22-23-24-25-26-27-28-30-31-33-35-37-39-41-43-51(55)60-48-49(47-59-46-45-50(53(57)58)54(3,4)5)61-52(56)44-42-40-38-36-34-32-29-21-19-17-15-13-11-9-7-2/h8,10,14-17,19-22,24-25,49-50H,6-7,9,11-13,18,23,26-48H2,1-5H3/p+1/b10-8+,16-14+,17-15+,21-19+,22-20+,25-24+. The fourth-order valence-corrected chi connectivity index (χ4v) is 6.84. The van der Waals surface area contributed by atoms with Crippen molar-refractivity contribution in [2.24, 2.45) is 0 Å². The molecule has 1 N–H and O–H groups in total. The number of carbonyl (C=O) groups is 3. The molecule has 0 amide bonds. The predicted octanol–water partition coefficient (Wildman–Crippen LogP) is 13.9. The van der Waals surface area contributed by atoms with Gasteiger partial charge in [0.25, 0.3) is 0 Å². The number of rotatable bonds is 43. The number of carbonyl (C=O) groups excluding carboxylic acids is 2. The number of unbranched alkanes of at least 4 members (excludes halogenated alkanes) is 18. The molecule has 0 aromatic rings. The van der Waals surface area contributed by atoms with Crippen molar-refractivity contribution < 1.29 is 38.2 Å². The number of carboxylic acid groups (broad SMARTS) is 1. The lowest BCUT2D eigenvalue weighted by atomic mass is 10.1. The Morgan fingerprint density at radius 3 is 1.46 bits per heavy atom. The number of ether oxygens (including phenoxy) is 3. The molecule has 0 aliphatic rings. The third kappa shape index (κ3) is 41.9. The van der Waals surface area contributed by atoms with E-state index in [4.69, 9.17) is 14.2 Å². The molecule has 0 rings (SSSR count). The number of carboxylic acids is 1. The molecule has 0 aromatic carbocycles. The van der Waals surface area contributed by atoms with Crippen LogP contribution in [-0.2, 0) is 28.6 Å². The highest BCUT2D eigenvalue weighted by Crippen LogP contribution is 2.14. The lowest BCUT2D eigenvalue weighted by Crippen LogP contribution is -2.50. The smallest absolute Gasteiger partial charge is 0.362 e. The van der Waals surface area contributed by atoms with Crippen molar-refractivity contribution >= 4 is 17.9 Å². The first-order valence-electron chi connectivity index (χ1n) is 24.5. The molecule has 0 bridgehead atoms. The predicted molar refractivity (Wildman–Crippen MR) is 257 cm³/mol. The van der Waals surface area contributed by atoms with Crippen molar-refractivity contribution in [3.05, 3.63) is 72.9 Å². The lowest BCUT2D eigenvalue weighted by molar-refractivity contribution is -0.887. The van der Waals surface area contributed by atoms with E-state index in [-0.39, 0.29) is 36.2 Å². The molecule has 2 atom stereocenters. The number of hydrogen-bond donors (Lipinski definition) is 1. The minimum absolute atomic E-state index is 0.0516. The second-order valence-corrected chi connectivity index (χ2v) is 17.4. The number of esters is 2. The van der Waals surface area contributed by atoms with E-state index in [0.717, 1.165) is 89.9 Å². The van der Waals surface area contributed by atoms with Crippen molar-refractivity contribution in [3.63, 3.8) is 0 Å². The second kappa shape index (κ2) is 43.4. The molecular weight excluding hydrogens is 763 g/mol. The zero-order valence-electron chi connectivity index (χ0n) is 39.8. The number of aliphatic carboxylic acids is 1. The summed E-state index contributed by atoms with van der Waals surface area (Å²) in [6.07, 6.45) is 55.1. The van der Waals surface area contributed by atoms with Crippen molar-refractivity contribution in [1.82, 2.24) is 0 Å². The summed E-state index contributed by atoms with van der Waals surface area (Å²) in [5.41, 5.74) is 0. The average Bonchev–Trinajstić information content (AvgIpc) is 3.22. The van der Waals surface area contributed by atoms with Gasteiger partial charge in [0.15, 0.2) is 12.1 Å². The van der Waals surface area contributed by atoms with Crippen molar-refractivity contribution in [2.75, 3.05) is 41.0 Å². The van der Waals surface area contributed by atoms with Crippen LogP contribution < -0.4 is 0 Å². The Morgan fingerprint density at radius 2 is 0.967 bits per heavy atom. The molecule has 61 heavy (non-hydrogen) atoms. The van der Waals surface area contributed by atoms with Crippen LogP contribution in [0.15, 0.2) is 72.9 Å². The van der Waals surface area contributed by atoms with E-state index in [1.54, 1.807) is 0 Å². The van der Waals surface area contributed by atoms with Crippen LogP contribution in [0.2, 0.25) is 0 Å². The van der Waals surface area contributed by atoms with E-state index in [9.17, 15) is 19.5 Å². The molecule has 0 fully saturated rings. The molecular formula is C53H92NO7+. The minimum Gasteiger partial charge on any atom is -0.477 e. The van der Waals surface area contributed by atoms with Gasteiger partial charge in [0.1, 0.15) is 6.61 Å². The van der Waals surface area contributed by atoms with Crippen LogP contribution in [0, 0.1) is 0 Å². The third-order valence-electron chi connectivity index (χ3n) is 10.6. The first kappa shape index (κ1) is 57.8. The highest BCUT2D eigenvalue weighted by Gasteiger charge is 2.31. The topological polar surface area (TPSA) is 99.1 Å². The van der Waals surface area contributed by atoms with Crippen LogP contribution in [0.4, 0.5) is 0 Å². The summed E-state index contributed by atoms with van der Waals surface area (Å²) in [6.45, 7) is 4.58. The van der Waals surface area contributed by atoms with Crippen LogP contribution in [0.25, 0.3) is 0 Å². The van der Waals surface area contributed by atoms with E-state index >= 15 is 0 Å². The van der Waals surface area contributed by atoms with Crippen molar-refractivity contribution in [1.29, 1.82) is 0 Å². The highest BCUT2D eigenvalue weighted by molar-refractivity contribution is 5.72. The van der Waals surface area contributed by atoms with Gasteiger partial charge >= 0.3 is 17.9 Å². The number of likely N-dealkylation sites (N-methyl/N-ethyl adjacent to an activating group) is 1. The van der Waals surface area contributed by atoms with Crippen LogP contribution in [0.5, 0.6) is 0 Å². The molecule has 0 aliphatic heterocycles. The second-order valence-electron chi connectivity index (χ2n) is 17.4. The van der Waals surface area contributed by atoms with Gasteiger partial charge in [0.05, 0.1) is 34.4 Å². The molecule has 0 saturated heterocycles. The maximum atomic E-state index is 12.8. The summed E-state index contributed by atoms with van der Waals surface area (Å²) in [7, 11) is 5.52. The van der Waals surface area contributed by atoms with Gasteiger partial charge in [-0.05, 0) is 77.0 Å². The summed E-state index contributed by atoms with van der Waals surface area (Å²) in [6, 6.07) is -0.621. The van der Waals surface area contributed by atoms with E-state index in [1.807, 2.05) is 21.1 Å². The molecule has 8 nitrogen and oxygen atoms in total. The monoisotopic (exact) mass is 855 g/mol. The summed E-state index contributed by atoms with van der Waals surface area (Å²) >= 11 is 0. The van der Waals surface area contributed by atoms with Gasteiger partial charge in [0, 0.05) is 19.3 Å². The fourth-order valence-electron chi connectivity index (χ4n) is 6.84. The first-order chi connectivity index (χ1) is 29.6. The maximum Gasteiger partial charge on any atom is 0.362 e. The number of quaternary nitrogens is 1. The Kier molecular flexibility index (Phi) is 41.1. The molecule has 0 spiro atoms. The molecule has 0 heterocycles. The molecule has 2 unspecified atom stereocenters. The van der Waals surface area contributed by atoms with Gasteiger partial charge in [0.2, 0.25) is 0 Å².